The van der Waals surface area contributed by atoms with E-state index in [2.05, 4.69) is 23.0 Å². The number of benzene rings is 1. The van der Waals surface area contributed by atoms with Gasteiger partial charge in [-0.05, 0) is 25.5 Å². The Hall–Kier alpha value is -2.41. The first kappa shape index (κ1) is 14.0. The quantitative estimate of drug-likeness (QED) is 0.778. The number of nitriles is 1. The fraction of sp³-hybridized carbons (Fsp3) is 0.312. The molecule has 0 aliphatic heterocycles. The summed E-state index contributed by atoms with van der Waals surface area (Å²) in [4.78, 5) is 8.35. The van der Waals surface area contributed by atoms with Crippen molar-refractivity contribution in [2.45, 2.75) is 26.7 Å². The van der Waals surface area contributed by atoms with Gasteiger partial charge in [0.15, 0.2) is 5.69 Å². The largest absolute Gasteiger partial charge is 0.493 e. The molecule has 0 atom stereocenters. The van der Waals surface area contributed by atoms with E-state index in [1.807, 2.05) is 25.1 Å². The lowest BCUT2D eigenvalue weighted by molar-refractivity contribution is 0.310. The number of rotatable bonds is 5. The number of hydrogen-bond donors (Lipinski definition) is 0. The highest BCUT2D eigenvalue weighted by Crippen LogP contribution is 2.31. The average Bonchev–Trinajstić information content (AvgIpc) is 2.49. The summed E-state index contributed by atoms with van der Waals surface area (Å²) in [6, 6.07) is 7.98. The third kappa shape index (κ3) is 3.12. The summed E-state index contributed by atoms with van der Waals surface area (Å²) in [5, 5.41) is 9.16. The topological polar surface area (TPSA) is 58.8 Å². The molecule has 0 saturated heterocycles. The van der Waals surface area contributed by atoms with Crippen LogP contribution < -0.4 is 4.74 Å². The van der Waals surface area contributed by atoms with Gasteiger partial charge in [-0.15, -0.1) is 0 Å². The zero-order valence-electron chi connectivity index (χ0n) is 11.8. The van der Waals surface area contributed by atoms with Crippen LogP contribution in [0, 0.1) is 18.3 Å². The minimum Gasteiger partial charge on any atom is -0.493 e. The number of unbranched alkanes of at least 4 members (excludes halogenated alkanes) is 1. The van der Waals surface area contributed by atoms with Gasteiger partial charge in [-0.3, -0.25) is 4.98 Å². The zero-order chi connectivity index (χ0) is 14.4. The van der Waals surface area contributed by atoms with Gasteiger partial charge in [-0.2, -0.15) is 5.26 Å². The van der Waals surface area contributed by atoms with E-state index in [1.165, 1.54) is 6.20 Å². The van der Waals surface area contributed by atoms with Gasteiger partial charge in [0, 0.05) is 18.0 Å². The minimum absolute atomic E-state index is 0.318. The normalized spacial score (nSPS) is 10.1. The van der Waals surface area contributed by atoms with E-state index < -0.39 is 0 Å². The smallest absolute Gasteiger partial charge is 0.166 e. The highest BCUT2D eigenvalue weighted by molar-refractivity contribution is 5.71. The molecule has 0 aliphatic carbocycles. The molecular weight excluding hydrogens is 250 g/mol. The SMILES string of the molecule is CCCCOc1ccc(C)cc1-c1nccnc1C#N. The van der Waals surface area contributed by atoms with Crippen LogP contribution in [0.3, 0.4) is 0 Å². The summed E-state index contributed by atoms with van der Waals surface area (Å²) in [5.41, 5.74) is 2.81. The molecule has 102 valence electrons. The molecule has 2 rings (SSSR count). The molecule has 0 N–H and O–H groups in total. The van der Waals surface area contributed by atoms with Crippen LogP contribution in [0.2, 0.25) is 0 Å². The third-order valence-electron chi connectivity index (χ3n) is 2.95. The summed E-state index contributed by atoms with van der Waals surface area (Å²) in [6.45, 7) is 4.78. The lowest BCUT2D eigenvalue weighted by Crippen LogP contribution is -2.00. The Morgan fingerprint density at radius 1 is 1.25 bits per heavy atom. The van der Waals surface area contributed by atoms with Crippen LogP contribution in [0.1, 0.15) is 31.0 Å². The van der Waals surface area contributed by atoms with E-state index in [4.69, 9.17) is 10.00 Å². The molecule has 0 radical (unpaired) electrons. The highest BCUT2D eigenvalue weighted by Gasteiger charge is 2.13. The molecule has 0 fully saturated rings. The Balaban J connectivity index is 2.43. The lowest BCUT2D eigenvalue weighted by atomic mass is 10.1. The van der Waals surface area contributed by atoms with Crippen molar-refractivity contribution in [3.8, 4) is 23.1 Å². The predicted molar refractivity (Wildman–Crippen MR) is 77.3 cm³/mol. The Kier molecular flexibility index (Phi) is 4.67. The number of hydrogen-bond acceptors (Lipinski definition) is 4. The molecule has 0 saturated carbocycles. The van der Waals surface area contributed by atoms with Crippen LogP contribution in [0.4, 0.5) is 0 Å². The molecule has 0 amide bonds. The number of ether oxygens (including phenoxy) is 1. The second-order valence-corrected chi connectivity index (χ2v) is 4.57. The van der Waals surface area contributed by atoms with E-state index in [9.17, 15) is 0 Å². The van der Waals surface area contributed by atoms with Crippen molar-refractivity contribution in [3.05, 3.63) is 41.9 Å². The number of aromatic nitrogens is 2. The van der Waals surface area contributed by atoms with Crippen LogP contribution in [-0.4, -0.2) is 16.6 Å². The summed E-state index contributed by atoms with van der Waals surface area (Å²) in [5.74, 6) is 0.751. The summed E-state index contributed by atoms with van der Waals surface area (Å²) >= 11 is 0. The van der Waals surface area contributed by atoms with Gasteiger partial charge < -0.3 is 4.74 Å². The second-order valence-electron chi connectivity index (χ2n) is 4.57. The van der Waals surface area contributed by atoms with Crippen molar-refractivity contribution in [2.24, 2.45) is 0 Å². The lowest BCUT2D eigenvalue weighted by Gasteiger charge is -2.12. The standard InChI is InChI=1S/C16H17N3O/c1-3-4-9-20-15-6-5-12(2)10-13(15)16-14(11-17)18-7-8-19-16/h5-8,10H,3-4,9H2,1-2H3. The Morgan fingerprint density at radius 2 is 2.05 bits per heavy atom. The highest BCUT2D eigenvalue weighted by atomic mass is 16.5. The Labute approximate surface area is 119 Å². The third-order valence-corrected chi connectivity index (χ3v) is 2.95. The van der Waals surface area contributed by atoms with Gasteiger partial charge in [0.25, 0.3) is 0 Å². The molecule has 4 nitrogen and oxygen atoms in total. The van der Waals surface area contributed by atoms with Crippen molar-refractivity contribution in [1.29, 1.82) is 5.26 Å². The predicted octanol–water partition coefficient (Wildman–Crippen LogP) is 3.50. The van der Waals surface area contributed by atoms with Gasteiger partial charge in [-0.1, -0.05) is 25.0 Å². The van der Waals surface area contributed by atoms with Gasteiger partial charge in [0.05, 0.1) is 6.61 Å². The van der Waals surface area contributed by atoms with Crippen LogP contribution in [0.15, 0.2) is 30.6 Å². The molecule has 0 aliphatic rings. The maximum Gasteiger partial charge on any atom is 0.166 e. The first-order valence-electron chi connectivity index (χ1n) is 6.71. The minimum atomic E-state index is 0.318. The first-order chi connectivity index (χ1) is 9.76. The van der Waals surface area contributed by atoms with Crippen LogP contribution in [-0.2, 0) is 0 Å². The van der Waals surface area contributed by atoms with Crippen LogP contribution in [0.25, 0.3) is 11.3 Å². The monoisotopic (exact) mass is 267 g/mol. The molecule has 20 heavy (non-hydrogen) atoms. The fourth-order valence-corrected chi connectivity index (χ4v) is 1.90. The van der Waals surface area contributed by atoms with E-state index in [0.29, 0.717) is 18.0 Å². The number of aryl methyl sites for hydroxylation is 1. The van der Waals surface area contributed by atoms with Crippen LogP contribution >= 0.6 is 0 Å². The Morgan fingerprint density at radius 3 is 2.80 bits per heavy atom. The van der Waals surface area contributed by atoms with Gasteiger partial charge in [0.2, 0.25) is 0 Å². The maximum atomic E-state index is 9.16. The van der Waals surface area contributed by atoms with Crippen molar-refractivity contribution < 1.29 is 4.74 Å². The Bertz CT molecular complexity index is 632. The first-order valence-corrected chi connectivity index (χ1v) is 6.71. The van der Waals surface area contributed by atoms with E-state index in [-0.39, 0.29) is 0 Å². The fourth-order valence-electron chi connectivity index (χ4n) is 1.90. The molecule has 1 aromatic carbocycles. The molecule has 4 heteroatoms. The molecule has 2 aromatic rings. The maximum absolute atomic E-state index is 9.16. The molecule has 1 aromatic heterocycles. The molecule has 0 bridgehead atoms. The van der Waals surface area contributed by atoms with E-state index in [0.717, 1.165) is 29.7 Å². The van der Waals surface area contributed by atoms with Crippen molar-refractivity contribution in [1.82, 2.24) is 9.97 Å². The molecular formula is C16H17N3O. The van der Waals surface area contributed by atoms with Crippen LogP contribution in [0.5, 0.6) is 5.75 Å². The van der Waals surface area contributed by atoms with Gasteiger partial charge in [-0.25, -0.2) is 4.98 Å². The summed E-state index contributed by atoms with van der Waals surface area (Å²) < 4.78 is 5.81. The van der Waals surface area contributed by atoms with Gasteiger partial charge >= 0.3 is 0 Å². The number of nitrogens with zero attached hydrogens (tertiary/aromatic N) is 3. The second kappa shape index (κ2) is 6.67. The average molecular weight is 267 g/mol. The molecule has 0 spiro atoms. The summed E-state index contributed by atoms with van der Waals surface area (Å²) in [6.07, 6.45) is 5.19. The zero-order valence-corrected chi connectivity index (χ0v) is 11.8. The summed E-state index contributed by atoms with van der Waals surface area (Å²) in [7, 11) is 0. The van der Waals surface area contributed by atoms with E-state index >= 15 is 0 Å². The van der Waals surface area contributed by atoms with Crippen molar-refractivity contribution in [2.75, 3.05) is 6.61 Å². The van der Waals surface area contributed by atoms with E-state index in [1.54, 1.807) is 6.20 Å². The molecule has 1 heterocycles. The molecule has 0 unspecified atom stereocenters. The van der Waals surface area contributed by atoms with Gasteiger partial charge in [0.1, 0.15) is 17.5 Å². The van der Waals surface area contributed by atoms with Crippen molar-refractivity contribution >= 4 is 0 Å². The van der Waals surface area contributed by atoms with Crippen molar-refractivity contribution in [3.63, 3.8) is 0 Å².